The Morgan fingerprint density at radius 1 is 1.25 bits per heavy atom. The van der Waals surface area contributed by atoms with Gasteiger partial charge in [-0.15, -0.1) is 11.3 Å². The molecule has 0 aliphatic heterocycles. The van der Waals surface area contributed by atoms with Crippen LogP contribution in [0.1, 0.15) is 5.01 Å². The molecule has 4 heteroatoms. The van der Waals surface area contributed by atoms with Crippen LogP contribution in [0.4, 0.5) is 0 Å². The molecule has 0 bridgehead atoms. The van der Waals surface area contributed by atoms with Crippen LogP contribution in [-0.4, -0.2) is 9.55 Å². The fourth-order valence-electron chi connectivity index (χ4n) is 1.97. The molecule has 3 rings (SSSR count). The molecule has 0 saturated heterocycles. The van der Waals surface area contributed by atoms with Crippen LogP contribution in [0.5, 0.6) is 0 Å². The van der Waals surface area contributed by atoms with Gasteiger partial charge in [0.15, 0.2) is 0 Å². The molecule has 0 fully saturated rings. The lowest BCUT2D eigenvalue weighted by atomic mass is 10.1. The molecule has 0 aliphatic carbocycles. The van der Waals surface area contributed by atoms with Crippen molar-refractivity contribution >= 4 is 32.5 Å². The van der Waals surface area contributed by atoms with E-state index in [1.807, 2.05) is 31.2 Å². The Balaban J connectivity index is 2.73. The van der Waals surface area contributed by atoms with Crippen molar-refractivity contribution in [3.63, 3.8) is 0 Å². The van der Waals surface area contributed by atoms with Gasteiger partial charge in [-0.25, -0.2) is 4.98 Å². The predicted octanol–water partition coefficient (Wildman–Crippen LogP) is 2.46. The molecular weight excluding hydrogens is 220 g/mol. The van der Waals surface area contributed by atoms with E-state index in [0.717, 1.165) is 26.1 Å². The SMILES string of the molecule is Cc1nc2c3ccccc3c(=O)n(C)c2s1. The molecule has 0 spiro atoms. The Morgan fingerprint density at radius 3 is 2.69 bits per heavy atom. The molecule has 80 valence electrons. The normalized spacial score (nSPS) is 11.4. The molecule has 0 radical (unpaired) electrons. The highest BCUT2D eigenvalue weighted by Crippen LogP contribution is 2.25. The van der Waals surface area contributed by atoms with Gasteiger partial charge in [-0.05, 0) is 13.0 Å². The van der Waals surface area contributed by atoms with Gasteiger partial charge >= 0.3 is 0 Å². The molecule has 2 aromatic heterocycles. The largest absolute Gasteiger partial charge is 0.301 e. The maximum Gasteiger partial charge on any atom is 0.259 e. The fourth-order valence-corrected chi connectivity index (χ4v) is 2.86. The van der Waals surface area contributed by atoms with Crippen LogP contribution in [0.3, 0.4) is 0 Å². The Morgan fingerprint density at radius 2 is 1.94 bits per heavy atom. The maximum atomic E-state index is 12.1. The lowest BCUT2D eigenvalue weighted by Crippen LogP contribution is -2.16. The molecular formula is C12H10N2OS. The molecule has 0 aliphatic rings. The second-order valence-electron chi connectivity index (χ2n) is 3.80. The third-order valence-electron chi connectivity index (χ3n) is 2.74. The van der Waals surface area contributed by atoms with Crippen LogP contribution < -0.4 is 5.56 Å². The van der Waals surface area contributed by atoms with Gasteiger partial charge in [0.2, 0.25) is 0 Å². The number of pyridine rings is 1. The van der Waals surface area contributed by atoms with Gasteiger partial charge in [0.25, 0.3) is 5.56 Å². The van der Waals surface area contributed by atoms with E-state index in [-0.39, 0.29) is 5.56 Å². The second kappa shape index (κ2) is 3.15. The minimum Gasteiger partial charge on any atom is -0.301 e. The van der Waals surface area contributed by atoms with E-state index in [2.05, 4.69) is 4.98 Å². The van der Waals surface area contributed by atoms with Crippen LogP contribution in [0.25, 0.3) is 21.1 Å². The summed E-state index contributed by atoms with van der Waals surface area (Å²) in [7, 11) is 1.80. The molecule has 16 heavy (non-hydrogen) atoms. The molecule has 2 heterocycles. The van der Waals surface area contributed by atoms with Crippen LogP contribution in [-0.2, 0) is 7.05 Å². The van der Waals surface area contributed by atoms with Crippen molar-refractivity contribution in [3.05, 3.63) is 39.6 Å². The summed E-state index contributed by atoms with van der Waals surface area (Å²) in [5, 5.41) is 2.68. The zero-order valence-corrected chi connectivity index (χ0v) is 9.84. The first-order valence-corrected chi connectivity index (χ1v) is 5.85. The van der Waals surface area contributed by atoms with Gasteiger partial charge in [0.1, 0.15) is 10.3 Å². The van der Waals surface area contributed by atoms with Crippen LogP contribution in [0.2, 0.25) is 0 Å². The van der Waals surface area contributed by atoms with E-state index >= 15 is 0 Å². The van der Waals surface area contributed by atoms with Crippen LogP contribution >= 0.6 is 11.3 Å². The van der Waals surface area contributed by atoms with E-state index in [1.54, 1.807) is 23.0 Å². The van der Waals surface area contributed by atoms with Gasteiger partial charge < -0.3 is 4.57 Å². The number of hydrogen-bond acceptors (Lipinski definition) is 3. The number of hydrogen-bond donors (Lipinski definition) is 0. The first-order chi connectivity index (χ1) is 7.68. The number of fused-ring (bicyclic) bond motifs is 3. The van der Waals surface area contributed by atoms with Crippen LogP contribution in [0.15, 0.2) is 29.1 Å². The van der Waals surface area contributed by atoms with E-state index in [1.165, 1.54) is 0 Å². The summed E-state index contributed by atoms with van der Waals surface area (Å²) in [6, 6.07) is 7.63. The number of nitrogens with zero attached hydrogens (tertiary/aromatic N) is 2. The topological polar surface area (TPSA) is 34.9 Å². The fraction of sp³-hybridized carbons (Fsp3) is 0.167. The zero-order chi connectivity index (χ0) is 11.3. The third-order valence-corrected chi connectivity index (χ3v) is 3.79. The van der Waals surface area contributed by atoms with E-state index in [0.29, 0.717) is 0 Å². The number of thiazole rings is 1. The van der Waals surface area contributed by atoms with Crippen molar-refractivity contribution < 1.29 is 0 Å². The molecule has 0 saturated carbocycles. The minimum atomic E-state index is 0.0479. The highest BCUT2D eigenvalue weighted by molar-refractivity contribution is 7.18. The second-order valence-corrected chi connectivity index (χ2v) is 4.98. The third kappa shape index (κ3) is 1.13. The van der Waals surface area contributed by atoms with E-state index < -0.39 is 0 Å². The molecule has 1 aromatic carbocycles. The standard InChI is InChI=1S/C12H10N2OS/c1-7-13-10-8-5-3-4-6-9(8)11(15)14(2)12(10)16-7/h3-6H,1-2H3. The Labute approximate surface area is 96.0 Å². The molecule has 0 N–H and O–H groups in total. The van der Waals surface area contributed by atoms with E-state index in [9.17, 15) is 4.79 Å². The number of rotatable bonds is 0. The Bertz CT molecular complexity index is 755. The van der Waals surface area contributed by atoms with Gasteiger partial charge in [0.05, 0.1) is 5.01 Å². The summed E-state index contributed by atoms with van der Waals surface area (Å²) < 4.78 is 1.68. The average Bonchev–Trinajstić information content (AvgIpc) is 2.68. The summed E-state index contributed by atoms with van der Waals surface area (Å²) in [6.07, 6.45) is 0. The molecule has 0 atom stereocenters. The maximum absolute atomic E-state index is 12.1. The van der Waals surface area contributed by atoms with Crippen LogP contribution in [0, 0.1) is 6.92 Å². The van der Waals surface area contributed by atoms with Crippen molar-refractivity contribution in [1.29, 1.82) is 0 Å². The average molecular weight is 230 g/mol. The summed E-state index contributed by atoms with van der Waals surface area (Å²) in [5.41, 5.74) is 0.979. The predicted molar refractivity (Wildman–Crippen MR) is 67.1 cm³/mol. The highest BCUT2D eigenvalue weighted by Gasteiger charge is 2.11. The smallest absolute Gasteiger partial charge is 0.259 e. The quantitative estimate of drug-likeness (QED) is 0.594. The minimum absolute atomic E-state index is 0.0479. The van der Waals surface area contributed by atoms with Crippen molar-refractivity contribution in [2.75, 3.05) is 0 Å². The summed E-state index contributed by atoms with van der Waals surface area (Å²) in [4.78, 5) is 17.5. The number of aryl methyl sites for hydroxylation is 2. The zero-order valence-electron chi connectivity index (χ0n) is 9.02. The number of benzene rings is 1. The number of aromatic nitrogens is 2. The van der Waals surface area contributed by atoms with Crippen molar-refractivity contribution in [1.82, 2.24) is 9.55 Å². The highest BCUT2D eigenvalue weighted by atomic mass is 32.1. The lowest BCUT2D eigenvalue weighted by Gasteiger charge is -2.02. The Kier molecular flexibility index (Phi) is 1.88. The summed E-state index contributed by atoms with van der Waals surface area (Å²) >= 11 is 1.56. The van der Waals surface area contributed by atoms with Gasteiger partial charge in [0, 0.05) is 17.8 Å². The summed E-state index contributed by atoms with van der Waals surface area (Å²) in [6.45, 7) is 1.96. The van der Waals surface area contributed by atoms with Crippen molar-refractivity contribution in [2.45, 2.75) is 6.92 Å². The molecule has 0 amide bonds. The first-order valence-electron chi connectivity index (χ1n) is 5.03. The van der Waals surface area contributed by atoms with Gasteiger partial charge in [-0.3, -0.25) is 4.79 Å². The van der Waals surface area contributed by atoms with Crippen molar-refractivity contribution in [2.24, 2.45) is 7.05 Å². The van der Waals surface area contributed by atoms with Gasteiger partial charge in [-0.2, -0.15) is 0 Å². The molecule has 0 unspecified atom stereocenters. The molecule has 3 aromatic rings. The Hall–Kier alpha value is -1.68. The van der Waals surface area contributed by atoms with Gasteiger partial charge in [-0.1, -0.05) is 18.2 Å². The monoisotopic (exact) mass is 230 g/mol. The lowest BCUT2D eigenvalue weighted by molar-refractivity contribution is 0.926. The first kappa shape index (κ1) is 9.54. The van der Waals surface area contributed by atoms with Crippen molar-refractivity contribution in [3.8, 4) is 0 Å². The van der Waals surface area contributed by atoms with E-state index in [4.69, 9.17) is 0 Å². The summed E-state index contributed by atoms with van der Waals surface area (Å²) in [5.74, 6) is 0. The molecule has 3 nitrogen and oxygen atoms in total.